The highest BCUT2D eigenvalue weighted by Gasteiger charge is 2.17. The molecule has 21 heavy (non-hydrogen) atoms. The molecule has 0 aliphatic rings. The number of aryl methyl sites for hydroxylation is 2. The first-order valence-electron chi connectivity index (χ1n) is 7.42. The van der Waals surface area contributed by atoms with Gasteiger partial charge in [0.25, 0.3) is 0 Å². The average molecular weight is 285 g/mol. The summed E-state index contributed by atoms with van der Waals surface area (Å²) in [5.74, 6) is 0.897. The standard InChI is InChI=1S/C17H23N3O/c1-5-18-17(16-10-12(3)19-20-13(16)4)14-8-7-9-15(11-14)21-6-2/h7-11,17-18H,5-6H2,1-4H3. The summed E-state index contributed by atoms with van der Waals surface area (Å²) in [5, 5.41) is 11.9. The van der Waals surface area contributed by atoms with Crippen molar-refractivity contribution in [2.45, 2.75) is 33.7 Å². The van der Waals surface area contributed by atoms with E-state index < -0.39 is 0 Å². The van der Waals surface area contributed by atoms with E-state index in [9.17, 15) is 0 Å². The van der Waals surface area contributed by atoms with Crippen LogP contribution in [0.15, 0.2) is 30.3 Å². The zero-order valence-electron chi connectivity index (χ0n) is 13.2. The Morgan fingerprint density at radius 2 is 1.95 bits per heavy atom. The lowest BCUT2D eigenvalue weighted by molar-refractivity contribution is 0.339. The number of rotatable bonds is 6. The van der Waals surface area contributed by atoms with Gasteiger partial charge in [-0.2, -0.15) is 10.2 Å². The molecule has 0 fully saturated rings. The van der Waals surface area contributed by atoms with Gasteiger partial charge in [0, 0.05) is 0 Å². The van der Waals surface area contributed by atoms with E-state index in [1.165, 1.54) is 5.56 Å². The second-order valence-electron chi connectivity index (χ2n) is 5.02. The van der Waals surface area contributed by atoms with Gasteiger partial charge in [-0.25, -0.2) is 0 Å². The van der Waals surface area contributed by atoms with Crippen LogP contribution in [0.5, 0.6) is 5.75 Å². The number of benzene rings is 1. The highest BCUT2D eigenvalue weighted by molar-refractivity contribution is 5.38. The van der Waals surface area contributed by atoms with E-state index in [0.29, 0.717) is 6.61 Å². The van der Waals surface area contributed by atoms with Crippen molar-refractivity contribution in [1.82, 2.24) is 15.5 Å². The number of ether oxygens (including phenoxy) is 1. The van der Waals surface area contributed by atoms with Gasteiger partial charge in [-0.3, -0.25) is 0 Å². The Bertz CT molecular complexity index is 598. The first-order valence-corrected chi connectivity index (χ1v) is 7.42. The van der Waals surface area contributed by atoms with Gasteiger partial charge in [-0.1, -0.05) is 19.1 Å². The van der Waals surface area contributed by atoms with Gasteiger partial charge < -0.3 is 10.1 Å². The monoisotopic (exact) mass is 285 g/mol. The minimum Gasteiger partial charge on any atom is -0.494 e. The molecule has 112 valence electrons. The molecule has 1 unspecified atom stereocenters. The average Bonchev–Trinajstić information content (AvgIpc) is 2.48. The molecule has 4 nitrogen and oxygen atoms in total. The molecule has 1 atom stereocenters. The van der Waals surface area contributed by atoms with Crippen LogP contribution in [0.2, 0.25) is 0 Å². The molecule has 4 heteroatoms. The van der Waals surface area contributed by atoms with Gasteiger partial charge >= 0.3 is 0 Å². The summed E-state index contributed by atoms with van der Waals surface area (Å²) >= 11 is 0. The van der Waals surface area contributed by atoms with E-state index in [0.717, 1.165) is 29.2 Å². The molecule has 1 N–H and O–H groups in total. The molecular weight excluding hydrogens is 262 g/mol. The molecule has 0 aliphatic heterocycles. The van der Waals surface area contributed by atoms with Gasteiger partial charge in [0.1, 0.15) is 5.75 Å². The third-order valence-electron chi connectivity index (χ3n) is 3.36. The van der Waals surface area contributed by atoms with Crippen LogP contribution in [0.25, 0.3) is 0 Å². The quantitative estimate of drug-likeness (QED) is 0.885. The van der Waals surface area contributed by atoms with Crippen LogP contribution < -0.4 is 10.1 Å². The van der Waals surface area contributed by atoms with Crippen molar-refractivity contribution >= 4 is 0 Å². The Morgan fingerprint density at radius 1 is 1.14 bits per heavy atom. The number of hydrogen-bond acceptors (Lipinski definition) is 4. The summed E-state index contributed by atoms with van der Waals surface area (Å²) < 4.78 is 5.61. The highest BCUT2D eigenvalue weighted by Crippen LogP contribution is 2.27. The topological polar surface area (TPSA) is 47.0 Å². The van der Waals surface area contributed by atoms with E-state index in [1.54, 1.807) is 0 Å². The molecule has 0 bridgehead atoms. The molecule has 0 aliphatic carbocycles. The van der Waals surface area contributed by atoms with Crippen LogP contribution in [-0.4, -0.2) is 23.3 Å². The van der Waals surface area contributed by atoms with Crippen molar-refractivity contribution < 1.29 is 4.74 Å². The van der Waals surface area contributed by atoms with Crippen LogP contribution in [0, 0.1) is 13.8 Å². The Hall–Kier alpha value is -1.94. The molecule has 1 aromatic carbocycles. The summed E-state index contributed by atoms with van der Waals surface area (Å²) in [7, 11) is 0. The van der Waals surface area contributed by atoms with E-state index in [2.05, 4.69) is 40.6 Å². The van der Waals surface area contributed by atoms with Crippen molar-refractivity contribution in [3.63, 3.8) is 0 Å². The normalized spacial score (nSPS) is 12.2. The molecule has 0 radical (unpaired) electrons. The minimum absolute atomic E-state index is 0.101. The van der Waals surface area contributed by atoms with Crippen LogP contribution in [0.4, 0.5) is 0 Å². The lowest BCUT2D eigenvalue weighted by Gasteiger charge is -2.21. The van der Waals surface area contributed by atoms with Gasteiger partial charge in [-0.15, -0.1) is 0 Å². The first-order chi connectivity index (χ1) is 10.2. The Balaban J connectivity index is 2.42. The fourth-order valence-corrected chi connectivity index (χ4v) is 2.42. The van der Waals surface area contributed by atoms with E-state index in [1.807, 2.05) is 32.9 Å². The molecule has 0 saturated carbocycles. The van der Waals surface area contributed by atoms with Crippen molar-refractivity contribution in [1.29, 1.82) is 0 Å². The summed E-state index contributed by atoms with van der Waals surface area (Å²) in [5.41, 5.74) is 4.23. The zero-order valence-corrected chi connectivity index (χ0v) is 13.2. The lowest BCUT2D eigenvalue weighted by atomic mass is 9.97. The Morgan fingerprint density at radius 3 is 2.67 bits per heavy atom. The molecular formula is C17H23N3O. The first kappa shape index (κ1) is 15.4. The molecule has 0 amide bonds. The smallest absolute Gasteiger partial charge is 0.119 e. The fraction of sp³-hybridized carbons (Fsp3) is 0.412. The maximum absolute atomic E-state index is 5.61. The van der Waals surface area contributed by atoms with Crippen molar-refractivity contribution in [2.24, 2.45) is 0 Å². The second kappa shape index (κ2) is 7.18. The van der Waals surface area contributed by atoms with Gasteiger partial charge in [0.2, 0.25) is 0 Å². The highest BCUT2D eigenvalue weighted by atomic mass is 16.5. The third-order valence-corrected chi connectivity index (χ3v) is 3.36. The second-order valence-corrected chi connectivity index (χ2v) is 5.02. The predicted octanol–water partition coefficient (Wildman–Crippen LogP) is 3.19. The third kappa shape index (κ3) is 3.79. The molecule has 2 rings (SSSR count). The van der Waals surface area contributed by atoms with Crippen LogP contribution in [-0.2, 0) is 0 Å². The SMILES string of the molecule is CCNC(c1cccc(OCC)c1)c1cc(C)nnc1C. The maximum Gasteiger partial charge on any atom is 0.119 e. The Kier molecular flexibility index (Phi) is 5.28. The molecule has 1 heterocycles. The summed E-state index contributed by atoms with van der Waals surface area (Å²) in [6.45, 7) is 9.62. The summed E-state index contributed by atoms with van der Waals surface area (Å²) in [6.07, 6.45) is 0. The Labute approximate surface area is 126 Å². The van der Waals surface area contributed by atoms with Crippen LogP contribution in [0.1, 0.15) is 42.4 Å². The van der Waals surface area contributed by atoms with Gasteiger partial charge in [-0.05, 0) is 56.6 Å². The van der Waals surface area contributed by atoms with Crippen molar-refractivity contribution in [2.75, 3.05) is 13.2 Å². The maximum atomic E-state index is 5.61. The van der Waals surface area contributed by atoms with Crippen molar-refractivity contribution in [3.8, 4) is 5.75 Å². The van der Waals surface area contributed by atoms with Gasteiger partial charge in [0.05, 0.1) is 24.0 Å². The summed E-state index contributed by atoms with van der Waals surface area (Å²) in [6, 6.07) is 10.4. The van der Waals surface area contributed by atoms with Crippen LogP contribution >= 0.6 is 0 Å². The zero-order chi connectivity index (χ0) is 15.2. The number of nitrogens with one attached hydrogen (secondary N) is 1. The molecule has 0 spiro atoms. The lowest BCUT2D eigenvalue weighted by Crippen LogP contribution is -2.23. The molecule has 0 saturated heterocycles. The molecule has 2 aromatic rings. The predicted molar refractivity (Wildman–Crippen MR) is 84.6 cm³/mol. The van der Waals surface area contributed by atoms with Crippen molar-refractivity contribution in [3.05, 3.63) is 52.8 Å². The molecule has 1 aromatic heterocycles. The fourth-order valence-electron chi connectivity index (χ4n) is 2.42. The van der Waals surface area contributed by atoms with E-state index in [4.69, 9.17) is 4.74 Å². The minimum atomic E-state index is 0.101. The number of nitrogens with zero attached hydrogens (tertiary/aromatic N) is 2. The number of aromatic nitrogens is 2. The van der Waals surface area contributed by atoms with Crippen LogP contribution in [0.3, 0.4) is 0 Å². The summed E-state index contributed by atoms with van der Waals surface area (Å²) in [4.78, 5) is 0. The van der Waals surface area contributed by atoms with E-state index in [-0.39, 0.29) is 6.04 Å². The van der Waals surface area contributed by atoms with E-state index >= 15 is 0 Å². The number of hydrogen-bond donors (Lipinski definition) is 1. The van der Waals surface area contributed by atoms with Gasteiger partial charge in [0.15, 0.2) is 0 Å². The largest absolute Gasteiger partial charge is 0.494 e.